The predicted molar refractivity (Wildman–Crippen MR) is 82.6 cm³/mol. The Labute approximate surface area is 129 Å². The van der Waals surface area contributed by atoms with Crippen LogP contribution in [0.25, 0.3) is 0 Å². The SMILES string of the molecule is Cc1cc(N2CC3CC(C2)N3c2ccc(C#N)nc2)ncn1. The van der Waals surface area contributed by atoms with Crippen LogP contribution in [0.5, 0.6) is 0 Å². The van der Waals surface area contributed by atoms with E-state index in [1.165, 1.54) is 6.42 Å². The molecule has 3 fully saturated rings. The number of nitriles is 1. The first kappa shape index (κ1) is 13.0. The summed E-state index contributed by atoms with van der Waals surface area (Å²) in [6.45, 7) is 3.92. The standard InChI is InChI=1S/C16H16N6/c1-11-4-16(20-10-19-11)21-8-14-5-15(9-21)22(14)13-3-2-12(6-17)18-7-13/h2-4,7,10,14-15H,5,8-9H2,1H3. The molecule has 0 saturated carbocycles. The van der Waals surface area contributed by atoms with Gasteiger partial charge in [0.25, 0.3) is 0 Å². The fraction of sp³-hybridized carbons (Fsp3) is 0.375. The maximum Gasteiger partial charge on any atom is 0.140 e. The number of piperidine rings is 1. The molecule has 0 radical (unpaired) electrons. The molecule has 0 aromatic carbocycles. The Kier molecular flexibility index (Phi) is 2.93. The van der Waals surface area contributed by atoms with Crippen molar-refractivity contribution in [2.24, 2.45) is 0 Å². The number of anilines is 2. The topological polar surface area (TPSA) is 68.9 Å². The van der Waals surface area contributed by atoms with Gasteiger partial charge >= 0.3 is 0 Å². The normalized spacial score (nSPS) is 22.9. The molecule has 0 aliphatic carbocycles. The Morgan fingerprint density at radius 3 is 2.64 bits per heavy atom. The molecule has 3 saturated heterocycles. The maximum absolute atomic E-state index is 8.84. The lowest BCUT2D eigenvalue weighted by Gasteiger charge is -2.57. The van der Waals surface area contributed by atoms with E-state index < -0.39 is 0 Å². The van der Waals surface area contributed by atoms with Crippen LogP contribution < -0.4 is 9.80 Å². The van der Waals surface area contributed by atoms with Gasteiger partial charge in [0.15, 0.2) is 0 Å². The van der Waals surface area contributed by atoms with Crippen LogP contribution in [-0.4, -0.2) is 40.1 Å². The van der Waals surface area contributed by atoms with Gasteiger partial charge in [-0.15, -0.1) is 0 Å². The Bertz CT molecular complexity index is 723. The molecular formula is C16H16N6. The van der Waals surface area contributed by atoms with Crippen molar-refractivity contribution in [2.75, 3.05) is 22.9 Å². The van der Waals surface area contributed by atoms with Crippen LogP contribution in [-0.2, 0) is 0 Å². The van der Waals surface area contributed by atoms with E-state index in [9.17, 15) is 0 Å². The summed E-state index contributed by atoms with van der Waals surface area (Å²) in [5.74, 6) is 1.01. The van der Waals surface area contributed by atoms with E-state index in [0.717, 1.165) is 30.3 Å². The number of hydrogen-bond donors (Lipinski definition) is 0. The monoisotopic (exact) mass is 292 g/mol. The van der Waals surface area contributed by atoms with Crippen molar-refractivity contribution in [3.8, 4) is 6.07 Å². The van der Waals surface area contributed by atoms with Gasteiger partial charge in [0.2, 0.25) is 0 Å². The number of nitrogens with zero attached hydrogens (tertiary/aromatic N) is 6. The number of fused-ring (bicyclic) bond motifs is 2. The summed E-state index contributed by atoms with van der Waals surface area (Å²) in [5, 5.41) is 8.84. The molecule has 2 bridgehead atoms. The number of aryl methyl sites for hydroxylation is 1. The Morgan fingerprint density at radius 2 is 2.00 bits per heavy atom. The summed E-state index contributed by atoms with van der Waals surface area (Å²) in [5.41, 5.74) is 2.57. The smallest absolute Gasteiger partial charge is 0.140 e. The third-order valence-corrected chi connectivity index (χ3v) is 4.47. The minimum absolute atomic E-state index is 0.465. The Balaban J connectivity index is 1.51. The number of aromatic nitrogens is 3. The van der Waals surface area contributed by atoms with Crippen molar-refractivity contribution in [1.29, 1.82) is 5.26 Å². The van der Waals surface area contributed by atoms with E-state index in [1.807, 2.05) is 25.3 Å². The molecular weight excluding hydrogens is 276 g/mol. The first-order valence-electron chi connectivity index (χ1n) is 7.42. The molecule has 6 heteroatoms. The third kappa shape index (κ3) is 2.06. The zero-order chi connectivity index (χ0) is 15.1. The molecule has 2 aromatic heterocycles. The van der Waals surface area contributed by atoms with E-state index in [1.54, 1.807) is 12.4 Å². The first-order valence-corrected chi connectivity index (χ1v) is 7.42. The summed E-state index contributed by atoms with van der Waals surface area (Å²) in [6.07, 6.45) is 4.65. The first-order chi connectivity index (χ1) is 10.7. The van der Waals surface area contributed by atoms with E-state index in [2.05, 4.69) is 30.8 Å². The lowest BCUT2D eigenvalue weighted by Crippen LogP contribution is -2.69. The maximum atomic E-state index is 8.84. The van der Waals surface area contributed by atoms with Crippen LogP contribution in [0.1, 0.15) is 17.8 Å². The van der Waals surface area contributed by atoms with Crippen molar-refractivity contribution in [2.45, 2.75) is 25.4 Å². The summed E-state index contributed by atoms with van der Waals surface area (Å²) < 4.78 is 0. The van der Waals surface area contributed by atoms with Gasteiger partial charge in [0.1, 0.15) is 23.9 Å². The Morgan fingerprint density at radius 1 is 1.18 bits per heavy atom. The zero-order valence-corrected chi connectivity index (χ0v) is 12.3. The summed E-state index contributed by atoms with van der Waals surface area (Å²) in [7, 11) is 0. The summed E-state index contributed by atoms with van der Waals surface area (Å²) >= 11 is 0. The van der Waals surface area contributed by atoms with Crippen molar-refractivity contribution in [3.05, 3.63) is 42.1 Å². The minimum Gasteiger partial charge on any atom is -0.361 e. The van der Waals surface area contributed by atoms with Gasteiger partial charge in [-0.1, -0.05) is 0 Å². The van der Waals surface area contributed by atoms with Gasteiger partial charge in [0.05, 0.1) is 11.9 Å². The molecule has 0 spiro atoms. The number of pyridine rings is 1. The van der Waals surface area contributed by atoms with Crippen molar-refractivity contribution in [3.63, 3.8) is 0 Å². The molecule has 0 amide bonds. The molecule has 22 heavy (non-hydrogen) atoms. The van der Waals surface area contributed by atoms with Gasteiger partial charge in [-0.2, -0.15) is 5.26 Å². The summed E-state index contributed by atoms with van der Waals surface area (Å²) in [4.78, 5) is 17.5. The predicted octanol–water partition coefficient (Wildman–Crippen LogP) is 1.52. The molecule has 6 nitrogen and oxygen atoms in total. The van der Waals surface area contributed by atoms with Gasteiger partial charge in [-0.05, 0) is 25.5 Å². The second-order valence-electron chi connectivity index (χ2n) is 5.89. The number of rotatable bonds is 2. The van der Waals surface area contributed by atoms with Gasteiger partial charge in [-0.25, -0.2) is 15.0 Å². The van der Waals surface area contributed by atoms with Gasteiger partial charge in [-0.3, -0.25) is 0 Å². The highest BCUT2D eigenvalue weighted by Crippen LogP contribution is 2.37. The second-order valence-corrected chi connectivity index (χ2v) is 5.89. The van der Waals surface area contributed by atoms with Crippen molar-refractivity contribution < 1.29 is 0 Å². The number of piperazine rings is 1. The summed E-state index contributed by atoms with van der Waals surface area (Å²) in [6, 6.07) is 8.86. The van der Waals surface area contributed by atoms with Crippen LogP contribution in [0.2, 0.25) is 0 Å². The fourth-order valence-electron chi connectivity index (χ4n) is 3.44. The average Bonchev–Trinajstić information content (AvgIpc) is 2.55. The van der Waals surface area contributed by atoms with Crippen LogP contribution in [0.4, 0.5) is 11.5 Å². The fourth-order valence-corrected chi connectivity index (χ4v) is 3.44. The molecule has 0 N–H and O–H groups in total. The van der Waals surface area contributed by atoms with Gasteiger partial charge in [0, 0.05) is 36.9 Å². The van der Waals surface area contributed by atoms with Crippen molar-refractivity contribution >= 4 is 11.5 Å². The molecule has 110 valence electrons. The van der Waals surface area contributed by atoms with Crippen LogP contribution in [0, 0.1) is 18.3 Å². The van der Waals surface area contributed by atoms with Crippen LogP contribution in [0.15, 0.2) is 30.7 Å². The van der Waals surface area contributed by atoms with E-state index in [-0.39, 0.29) is 0 Å². The van der Waals surface area contributed by atoms with Crippen LogP contribution >= 0.6 is 0 Å². The van der Waals surface area contributed by atoms with E-state index in [0.29, 0.717) is 17.8 Å². The van der Waals surface area contributed by atoms with E-state index >= 15 is 0 Å². The van der Waals surface area contributed by atoms with E-state index in [4.69, 9.17) is 5.26 Å². The second kappa shape index (κ2) is 4.95. The molecule has 3 aliphatic rings. The highest BCUT2D eigenvalue weighted by molar-refractivity contribution is 5.55. The van der Waals surface area contributed by atoms with Crippen molar-refractivity contribution in [1.82, 2.24) is 15.0 Å². The molecule has 2 unspecified atom stereocenters. The average molecular weight is 292 g/mol. The molecule has 5 rings (SSSR count). The highest BCUT2D eigenvalue weighted by atomic mass is 15.4. The lowest BCUT2D eigenvalue weighted by molar-refractivity contribution is 0.290. The molecule has 3 aliphatic heterocycles. The zero-order valence-electron chi connectivity index (χ0n) is 12.3. The van der Waals surface area contributed by atoms with Crippen LogP contribution in [0.3, 0.4) is 0 Å². The third-order valence-electron chi connectivity index (χ3n) is 4.47. The molecule has 5 heterocycles. The number of hydrogen-bond acceptors (Lipinski definition) is 6. The largest absolute Gasteiger partial charge is 0.361 e. The Hall–Kier alpha value is -2.68. The minimum atomic E-state index is 0.465. The lowest BCUT2D eigenvalue weighted by atomic mass is 9.86. The van der Waals surface area contributed by atoms with Gasteiger partial charge < -0.3 is 9.80 Å². The molecule has 2 aromatic rings. The molecule has 2 atom stereocenters. The highest BCUT2D eigenvalue weighted by Gasteiger charge is 2.45. The quantitative estimate of drug-likeness (QED) is 0.836.